The van der Waals surface area contributed by atoms with Crippen molar-refractivity contribution >= 4 is 17.3 Å². The summed E-state index contributed by atoms with van der Waals surface area (Å²) in [6, 6.07) is 0.287. The number of rotatable bonds is 6. The molecule has 0 aliphatic rings. The van der Waals surface area contributed by atoms with Crippen LogP contribution in [0.25, 0.3) is 5.65 Å². The average Bonchev–Trinajstić information content (AvgIpc) is 2.84. The van der Waals surface area contributed by atoms with Crippen molar-refractivity contribution in [3.8, 4) is 0 Å². The highest BCUT2D eigenvalue weighted by Crippen LogP contribution is 2.15. The van der Waals surface area contributed by atoms with Crippen LogP contribution in [0.3, 0.4) is 0 Å². The van der Waals surface area contributed by atoms with Crippen molar-refractivity contribution in [3.05, 3.63) is 18.6 Å². The quantitative estimate of drug-likeness (QED) is 0.824. The maximum absolute atomic E-state index is 5.80. The molecule has 2 rings (SSSR count). The minimum absolute atomic E-state index is 0.287. The number of likely N-dealkylation sites (N-methyl/N-ethyl adjacent to an activating group) is 1. The number of hydrogen-bond donors (Lipinski definition) is 2. The number of aromatic nitrogens is 3. The summed E-state index contributed by atoms with van der Waals surface area (Å²) in [5.41, 5.74) is 6.61. The first-order chi connectivity index (χ1) is 9.13. The SMILES string of the molecule is CCN(CC)CC(C)Nc1nc(N)cn2ccnc12. The van der Waals surface area contributed by atoms with Crippen molar-refractivity contribution in [2.24, 2.45) is 0 Å². The van der Waals surface area contributed by atoms with Crippen LogP contribution in [0, 0.1) is 0 Å². The number of nitrogens with two attached hydrogens (primary N) is 1. The fourth-order valence-electron chi connectivity index (χ4n) is 2.20. The van der Waals surface area contributed by atoms with Gasteiger partial charge in [-0.15, -0.1) is 0 Å². The van der Waals surface area contributed by atoms with Crippen LogP contribution in [0.2, 0.25) is 0 Å². The molecule has 104 valence electrons. The van der Waals surface area contributed by atoms with Crippen molar-refractivity contribution in [2.45, 2.75) is 26.8 Å². The molecule has 2 heterocycles. The van der Waals surface area contributed by atoms with Gasteiger partial charge in [0.2, 0.25) is 0 Å². The van der Waals surface area contributed by atoms with Crippen LogP contribution in [-0.2, 0) is 0 Å². The lowest BCUT2D eigenvalue weighted by molar-refractivity contribution is 0.294. The summed E-state index contributed by atoms with van der Waals surface area (Å²) >= 11 is 0. The summed E-state index contributed by atoms with van der Waals surface area (Å²) in [6.45, 7) is 9.54. The van der Waals surface area contributed by atoms with Gasteiger partial charge in [-0.1, -0.05) is 13.8 Å². The third kappa shape index (κ3) is 3.14. The molecule has 0 saturated carbocycles. The van der Waals surface area contributed by atoms with Gasteiger partial charge < -0.3 is 20.4 Å². The third-order valence-electron chi connectivity index (χ3n) is 3.20. The second kappa shape index (κ2) is 5.88. The molecule has 0 bridgehead atoms. The van der Waals surface area contributed by atoms with Gasteiger partial charge in [0, 0.05) is 25.0 Å². The summed E-state index contributed by atoms with van der Waals surface area (Å²) in [4.78, 5) is 11.0. The molecule has 2 aromatic rings. The third-order valence-corrected chi connectivity index (χ3v) is 3.20. The van der Waals surface area contributed by atoms with Gasteiger partial charge in [0.15, 0.2) is 11.5 Å². The van der Waals surface area contributed by atoms with Gasteiger partial charge in [0.1, 0.15) is 5.82 Å². The fraction of sp³-hybridized carbons (Fsp3) is 0.538. The number of hydrogen-bond acceptors (Lipinski definition) is 5. The van der Waals surface area contributed by atoms with E-state index in [0.29, 0.717) is 5.82 Å². The lowest BCUT2D eigenvalue weighted by Gasteiger charge is -2.23. The molecule has 6 nitrogen and oxygen atoms in total. The topological polar surface area (TPSA) is 71.5 Å². The molecule has 0 aliphatic heterocycles. The zero-order valence-electron chi connectivity index (χ0n) is 11.8. The lowest BCUT2D eigenvalue weighted by Crippen LogP contribution is -2.35. The maximum atomic E-state index is 5.80. The Kier molecular flexibility index (Phi) is 4.21. The van der Waals surface area contributed by atoms with Gasteiger partial charge in [0.05, 0.1) is 6.20 Å². The Hall–Kier alpha value is -1.82. The van der Waals surface area contributed by atoms with Gasteiger partial charge in [-0.2, -0.15) is 0 Å². The number of anilines is 2. The highest BCUT2D eigenvalue weighted by Gasteiger charge is 2.11. The lowest BCUT2D eigenvalue weighted by atomic mass is 10.3. The molecule has 0 fully saturated rings. The van der Waals surface area contributed by atoms with E-state index in [0.717, 1.165) is 31.1 Å². The van der Waals surface area contributed by atoms with E-state index < -0.39 is 0 Å². The van der Waals surface area contributed by atoms with Crippen LogP contribution >= 0.6 is 0 Å². The highest BCUT2D eigenvalue weighted by molar-refractivity contribution is 5.65. The molecule has 0 saturated heterocycles. The van der Waals surface area contributed by atoms with Gasteiger partial charge in [-0.3, -0.25) is 0 Å². The van der Waals surface area contributed by atoms with E-state index in [2.05, 4.69) is 41.0 Å². The first kappa shape index (κ1) is 13.6. The zero-order chi connectivity index (χ0) is 13.8. The molecule has 0 amide bonds. The van der Waals surface area contributed by atoms with Crippen molar-refractivity contribution < 1.29 is 0 Å². The summed E-state index contributed by atoms with van der Waals surface area (Å²) in [6.07, 6.45) is 5.38. The Morgan fingerprint density at radius 1 is 1.42 bits per heavy atom. The van der Waals surface area contributed by atoms with Crippen LogP contribution in [0.5, 0.6) is 0 Å². The molecular formula is C13H22N6. The Balaban J connectivity index is 2.14. The molecule has 0 aromatic carbocycles. The first-order valence-corrected chi connectivity index (χ1v) is 6.72. The molecule has 0 spiro atoms. The summed E-state index contributed by atoms with van der Waals surface area (Å²) < 4.78 is 1.88. The van der Waals surface area contributed by atoms with E-state index in [9.17, 15) is 0 Å². The van der Waals surface area contributed by atoms with Crippen molar-refractivity contribution in [3.63, 3.8) is 0 Å². The minimum atomic E-state index is 0.287. The van der Waals surface area contributed by atoms with Crippen LogP contribution in [-0.4, -0.2) is 44.9 Å². The molecule has 3 N–H and O–H groups in total. The van der Waals surface area contributed by atoms with E-state index in [4.69, 9.17) is 5.73 Å². The highest BCUT2D eigenvalue weighted by atomic mass is 15.2. The molecule has 1 atom stereocenters. The molecule has 6 heteroatoms. The second-order valence-corrected chi connectivity index (χ2v) is 4.70. The summed E-state index contributed by atoms with van der Waals surface area (Å²) in [7, 11) is 0. The van der Waals surface area contributed by atoms with Crippen molar-refractivity contribution in [1.82, 2.24) is 19.3 Å². The smallest absolute Gasteiger partial charge is 0.180 e. The summed E-state index contributed by atoms with van der Waals surface area (Å²) in [5, 5.41) is 3.39. The molecule has 19 heavy (non-hydrogen) atoms. The van der Waals surface area contributed by atoms with E-state index in [1.165, 1.54) is 0 Å². The molecule has 0 aliphatic carbocycles. The molecular weight excluding hydrogens is 240 g/mol. The number of nitrogens with one attached hydrogen (secondary N) is 1. The van der Waals surface area contributed by atoms with E-state index in [1.54, 1.807) is 12.4 Å². The largest absolute Gasteiger partial charge is 0.382 e. The Morgan fingerprint density at radius 3 is 2.84 bits per heavy atom. The van der Waals surface area contributed by atoms with E-state index in [1.807, 2.05) is 10.6 Å². The zero-order valence-corrected chi connectivity index (χ0v) is 11.8. The first-order valence-electron chi connectivity index (χ1n) is 6.72. The maximum Gasteiger partial charge on any atom is 0.180 e. The second-order valence-electron chi connectivity index (χ2n) is 4.70. The predicted molar refractivity (Wildman–Crippen MR) is 78.3 cm³/mol. The fourth-order valence-corrected chi connectivity index (χ4v) is 2.20. The van der Waals surface area contributed by atoms with Crippen LogP contribution in [0.15, 0.2) is 18.6 Å². The van der Waals surface area contributed by atoms with Crippen molar-refractivity contribution in [2.75, 3.05) is 30.7 Å². The Labute approximate surface area is 113 Å². The minimum Gasteiger partial charge on any atom is -0.382 e. The normalized spacial score (nSPS) is 13.1. The summed E-state index contributed by atoms with van der Waals surface area (Å²) in [5.74, 6) is 1.23. The number of nitrogen functional groups attached to an aromatic ring is 1. The van der Waals surface area contributed by atoms with Gasteiger partial charge in [0.25, 0.3) is 0 Å². The average molecular weight is 262 g/mol. The van der Waals surface area contributed by atoms with Crippen LogP contribution in [0.4, 0.5) is 11.6 Å². The monoisotopic (exact) mass is 262 g/mol. The van der Waals surface area contributed by atoms with E-state index >= 15 is 0 Å². The van der Waals surface area contributed by atoms with Crippen LogP contribution in [0.1, 0.15) is 20.8 Å². The number of imidazole rings is 1. The van der Waals surface area contributed by atoms with Crippen molar-refractivity contribution in [1.29, 1.82) is 0 Å². The Bertz CT molecular complexity index is 531. The van der Waals surface area contributed by atoms with Gasteiger partial charge in [-0.25, -0.2) is 9.97 Å². The van der Waals surface area contributed by atoms with Gasteiger partial charge in [-0.05, 0) is 20.0 Å². The van der Waals surface area contributed by atoms with Crippen LogP contribution < -0.4 is 11.1 Å². The standard InChI is InChI=1S/C13H22N6/c1-4-18(5-2)8-10(3)16-12-13-15-6-7-19(13)9-11(14)17-12/h6-7,9-10H,4-5,8,14H2,1-3H3,(H,16,17). The Morgan fingerprint density at radius 2 is 2.16 bits per heavy atom. The van der Waals surface area contributed by atoms with E-state index in [-0.39, 0.29) is 6.04 Å². The predicted octanol–water partition coefficient (Wildman–Crippen LogP) is 1.45. The molecule has 2 aromatic heterocycles. The number of nitrogens with zero attached hydrogens (tertiary/aromatic N) is 4. The number of fused-ring (bicyclic) bond motifs is 1. The molecule has 0 radical (unpaired) electrons. The molecule has 1 unspecified atom stereocenters. The van der Waals surface area contributed by atoms with Gasteiger partial charge >= 0.3 is 0 Å².